The molecule has 3 rings (SSSR count). The third kappa shape index (κ3) is 2.92. The summed E-state index contributed by atoms with van der Waals surface area (Å²) >= 11 is 3.31. The van der Waals surface area contributed by atoms with Crippen molar-refractivity contribution in [1.29, 1.82) is 0 Å². The van der Waals surface area contributed by atoms with E-state index in [9.17, 15) is 13.2 Å². The van der Waals surface area contributed by atoms with Crippen LogP contribution in [0.5, 0.6) is 0 Å². The maximum absolute atomic E-state index is 13.0. The number of aromatic nitrogens is 2. The lowest BCUT2D eigenvalue weighted by Gasteiger charge is -2.07. The summed E-state index contributed by atoms with van der Waals surface area (Å²) in [5, 5.41) is 0. The van der Waals surface area contributed by atoms with E-state index in [1.165, 1.54) is 4.57 Å². The van der Waals surface area contributed by atoms with Crippen molar-refractivity contribution >= 4 is 15.9 Å². The molecule has 0 radical (unpaired) electrons. The fourth-order valence-electron chi connectivity index (χ4n) is 2.11. The van der Waals surface area contributed by atoms with E-state index in [1.54, 1.807) is 54.6 Å². The van der Waals surface area contributed by atoms with Crippen LogP contribution in [0.4, 0.5) is 13.2 Å². The molecule has 1 aromatic heterocycles. The molecule has 0 fully saturated rings. The molecule has 0 aliphatic heterocycles. The number of alkyl halides is 3. The normalized spacial score (nSPS) is 11.6. The topological polar surface area (TPSA) is 17.8 Å². The highest BCUT2D eigenvalue weighted by Crippen LogP contribution is 2.32. The minimum atomic E-state index is -4.48. The summed E-state index contributed by atoms with van der Waals surface area (Å²) in [7, 11) is 0. The van der Waals surface area contributed by atoms with Crippen molar-refractivity contribution in [1.82, 2.24) is 9.55 Å². The standard InChI is InChI=1S/C16H10BrF3N2/c17-12-6-8-13(9-7-12)22-10-14(16(18,19)20)21-15(22)11-4-2-1-3-5-11/h1-10H. The maximum atomic E-state index is 13.0. The molecule has 0 aliphatic rings. The number of hydrogen-bond donors (Lipinski definition) is 0. The van der Waals surface area contributed by atoms with Gasteiger partial charge in [-0.05, 0) is 24.3 Å². The van der Waals surface area contributed by atoms with Crippen LogP contribution in [0.25, 0.3) is 17.1 Å². The molecule has 0 spiro atoms. The van der Waals surface area contributed by atoms with E-state index in [0.717, 1.165) is 10.7 Å². The van der Waals surface area contributed by atoms with Crippen molar-refractivity contribution in [2.24, 2.45) is 0 Å². The first kappa shape index (κ1) is 14.8. The quantitative estimate of drug-likeness (QED) is 0.600. The summed E-state index contributed by atoms with van der Waals surface area (Å²) in [4.78, 5) is 3.78. The van der Waals surface area contributed by atoms with Crippen LogP contribution in [-0.4, -0.2) is 9.55 Å². The minimum absolute atomic E-state index is 0.259. The van der Waals surface area contributed by atoms with Crippen LogP contribution >= 0.6 is 15.9 Å². The zero-order valence-corrected chi connectivity index (χ0v) is 12.8. The average molecular weight is 367 g/mol. The highest BCUT2D eigenvalue weighted by Gasteiger charge is 2.35. The van der Waals surface area contributed by atoms with Crippen LogP contribution in [0, 0.1) is 0 Å². The van der Waals surface area contributed by atoms with Crippen molar-refractivity contribution in [3.63, 3.8) is 0 Å². The molecule has 2 nitrogen and oxygen atoms in total. The molecule has 112 valence electrons. The molecule has 22 heavy (non-hydrogen) atoms. The zero-order valence-electron chi connectivity index (χ0n) is 11.2. The smallest absolute Gasteiger partial charge is 0.299 e. The summed E-state index contributed by atoms with van der Waals surface area (Å²) in [6, 6.07) is 15.8. The van der Waals surface area contributed by atoms with Gasteiger partial charge in [-0.3, -0.25) is 4.57 Å². The molecule has 0 saturated heterocycles. The Bertz CT molecular complexity index is 777. The molecule has 6 heteroatoms. The Morgan fingerprint density at radius 3 is 2.14 bits per heavy atom. The van der Waals surface area contributed by atoms with Gasteiger partial charge in [0.05, 0.1) is 0 Å². The Balaban J connectivity index is 2.19. The van der Waals surface area contributed by atoms with E-state index < -0.39 is 11.9 Å². The summed E-state index contributed by atoms with van der Waals surface area (Å²) in [6.07, 6.45) is -3.46. The van der Waals surface area contributed by atoms with Gasteiger partial charge in [-0.25, -0.2) is 4.98 Å². The summed E-state index contributed by atoms with van der Waals surface area (Å²) in [5.41, 5.74) is 0.334. The molecule has 0 unspecified atom stereocenters. The second kappa shape index (κ2) is 5.61. The number of imidazole rings is 1. The fraction of sp³-hybridized carbons (Fsp3) is 0.0625. The average Bonchev–Trinajstić information content (AvgIpc) is 2.94. The lowest BCUT2D eigenvalue weighted by molar-refractivity contribution is -0.140. The third-order valence-corrected chi connectivity index (χ3v) is 3.66. The molecule has 2 aromatic carbocycles. The van der Waals surface area contributed by atoms with E-state index in [-0.39, 0.29) is 5.82 Å². The van der Waals surface area contributed by atoms with Crippen molar-refractivity contribution in [3.8, 4) is 17.1 Å². The van der Waals surface area contributed by atoms with Crippen molar-refractivity contribution in [2.75, 3.05) is 0 Å². The molecular weight excluding hydrogens is 357 g/mol. The fourth-order valence-corrected chi connectivity index (χ4v) is 2.37. The van der Waals surface area contributed by atoms with Crippen LogP contribution < -0.4 is 0 Å². The number of hydrogen-bond acceptors (Lipinski definition) is 1. The largest absolute Gasteiger partial charge is 0.434 e. The lowest BCUT2D eigenvalue weighted by atomic mass is 10.2. The van der Waals surface area contributed by atoms with E-state index in [1.807, 2.05) is 0 Å². The molecule has 1 heterocycles. The highest BCUT2D eigenvalue weighted by atomic mass is 79.9. The summed E-state index contributed by atoms with van der Waals surface area (Å²) in [6.45, 7) is 0. The Morgan fingerprint density at radius 1 is 0.909 bits per heavy atom. The summed E-state index contributed by atoms with van der Waals surface area (Å²) < 4.78 is 41.3. The van der Waals surface area contributed by atoms with Gasteiger partial charge in [0.25, 0.3) is 0 Å². The number of rotatable bonds is 2. The van der Waals surface area contributed by atoms with Crippen LogP contribution in [0.2, 0.25) is 0 Å². The molecule has 3 aromatic rings. The molecule has 0 amide bonds. The zero-order chi connectivity index (χ0) is 15.7. The molecule has 0 N–H and O–H groups in total. The van der Waals surface area contributed by atoms with Gasteiger partial charge in [0.2, 0.25) is 0 Å². The predicted molar refractivity (Wildman–Crippen MR) is 81.7 cm³/mol. The van der Waals surface area contributed by atoms with E-state index >= 15 is 0 Å². The van der Waals surface area contributed by atoms with Gasteiger partial charge in [0.1, 0.15) is 5.82 Å². The number of benzene rings is 2. The molecule has 0 bridgehead atoms. The van der Waals surface area contributed by atoms with Gasteiger partial charge in [0, 0.05) is 21.9 Å². The first-order valence-corrected chi connectivity index (χ1v) is 7.22. The summed E-state index contributed by atoms with van der Waals surface area (Å²) in [5.74, 6) is 0.259. The van der Waals surface area contributed by atoms with E-state index in [2.05, 4.69) is 20.9 Å². The molecule has 0 atom stereocenters. The van der Waals surface area contributed by atoms with Crippen molar-refractivity contribution in [2.45, 2.75) is 6.18 Å². The number of halogens is 4. The molecule has 0 aliphatic carbocycles. The van der Waals surface area contributed by atoms with Crippen LogP contribution in [0.1, 0.15) is 5.69 Å². The van der Waals surface area contributed by atoms with Gasteiger partial charge in [-0.15, -0.1) is 0 Å². The van der Waals surface area contributed by atoms with Crippen LogP contribution in [0.3, 0.4) is 0 Å². The first-order valence-electron chi connectivity index (χ1n) is 6.43. The van der Waals surface area contributed by atoms with Crippen molar-refractivity contribution < 1.29 is 13.2 Å². The maximum Gasteiger partial charge on any atom is 0.434 e. The first-order chi connectivity index (χ1) is 10.4. The van der Waals surface area contributed by atoms with Gasteiger partial charge in [-0.1, -0.05) is 46.3 Å². The van der Waals surface area contributed by atoms with E-state index in [4.69, 9.17) is 0 Å². The monoisotopic (exact) mass is 366 g/mol. The third-order valence-electron chi connectivity index (χ3n) is 3.13. The second-order valence-electron chi connectivity index (χ2n) is 4.66. The van der Waals surface area contributed by atoms with Crippen LogP contribution in [0.15, 0.2) is 65.3 Å². The molecule has 0 saturated carbocycles. The highest BCUT2D eigenvalue weighted by molar-refractivity contribution is 9.10. The van der Waals surface area contributed by atoms with Gasteiger partial charge in [0.15, 0.2) is 5.69 Å². The van der Waals surface area contributed by atoms with E-state index in [0.29, 0.717) is 11.3 Å². The Morgan fingerprint density at radius 2 is 1.55 bits per heavy atom. The molecular formula is C16H10BrF3N2. The van der Waals surface area contributed by atoms with Crippen LogP contribution in [-0.2, 0) is 6.18 Å². The minimum Gasteiger partial charge on any atom is -0.299 e. The Kier molecular flexibility index (Phi) is 3.78. The predicted octanol–water partition coefficient (Wildman–Crippen LogP) is 5.32. The van der Waals surface area contributed by atoms with Gasteiger partial charge in [-0.2, -0.15) is 13.2 Å². The van der Waals surface area contributed by atoms with Gasteiger partial charge >= 0.3 is 6.18 Å². The number of nitrogens with zero attached hydrogens (tertiary/aromatic N) is 2. The Labute approximate surface area is 133 Å². The Hall–Kier alpha value is -2.08. The second-order valence-corrected chi connectivity index (χ2v) is 5.58. The SMILES string of the molecule is FC(F)(F)c1cn(-c2ccc(Br)cc2)c(-c2ccccc2)n1. The van der Waals surface area contributed by atoms with Gasteiger partial charge < -0.3 is 0 Å². The van der Waals surface area contributed by atoms with Crippen molar-refractivity contribution in [3.05, 3.63) is 71.0 Å². The lowest BCUT2D eigenvalue weighted by Crippen LogP contribution is -2.04.